The number of rotatable bonds is 5. The fraction of sp³-hybridized carbons (Fsp3) is 0.467. The van der Waals surface area contributed by atoms with Gasteiger partial charge in [0.15, 0.2) is 11.5 Å². The van der Waals surface area contributed by atoms with Gasteiger partial charge in [-0.2, -0.15) is 0 Å². The molecule has 1 saturated heterocycles. The zero-order chi connectivity index (χ0) is 16.3. The van der Waals surface area contributed by atoms with Crippen LogP contribution in [0.1, 0.15) is 16.8 Å². The molecule has 7 heteroatoms. The highest BCUT2D eigenvalue weighted by atomic mass is 16.5. The largest absolute Gasteiger partial charge is 0.493 e. The third-order valence-corrected chi connectivity index (χ3v) is 3.79. The van der Waals surface area contributed by atoms with E-state index in [-0.39, 0.29) is 17.7 Å². The van der Waals surface area contributed by atoms with Crippen molar-refractivity contribution in [3.63, 3.8) is 0 Å². The van der Waals surface area contributed by atoms with Gasteiger partial charge in [0.05, 0.1) is 27.2 Å². The molecule has 120 valence electrons. The van der Waals surface area contributed by atoms with E-state index in [1.165, 1.54) is 21.3 Å². The predicted molar refractivity (Wildman–Crippen MR) is 79.3 cm³/mol. The van der Waals surface area contributed by atoms with Crippen molar-refractivity contribution in [1.29, 1.82) is 0 Å². The Morgan fingerprint density at radius 2 is 1.73 bits per heavy atom. The Morgan fingerprint density at radius 1 is 1.14 bits per heavy atom. The van der Waals surface area contributed by atoms with Crippen LogP contribution in [0.25, 0.3) is 0 Å². The Hall–Kier alpha value is -2.44. The van der Waals surface area contributed by atoms with E-state index in [9.17, 15) is 9.59 Å². The van der Waals surface area contributed by atoms with E-state index in [2.05, 4.69) is 0 Å². The molecule has 1 heterocycles. The van der Waals surface area contributed by atoms with Gasteiger partial charge in [-0.25, -0.2) is 0 Å². The predicted octanol–water partition coefficient (Wildman–Crippen LogP) is 0.660. The number of amides is 2. The summed E-state index contributed by atoms with van der Waals surface area (Å²) in [5, 5.41) is 0. The molecule has 0 aliphatic carbocycles. The Bertz CT molecular complexity index is 562. The van der Waals surface area contributed by atoms with Crippen molar-refractivity contribution in [3.8, 4) is 17.2 Å². The molecule has 1 unspecified atom stereocenters. The maximum atomic E-state index is 12.6. The van der Waals surface area contributed by atoms with Crippen LogP contribution in [-0.2, 0) is 4.79 Å². The molecule has 0 spiro atoms. The molecule has 1 aliphatic rings. The highest BCUT2D eigenvalue weighted by Gasteiger charge is 2.31. The summed E-state index contributed by atoms with van der Waals surface area (Å²) in [7, 11) is 4.48. The number of carbonyl (C=O) groups is 2. The normalized spacial score (nSPS) is 17.2. The smallest absolute Gasteiger partial charge is 0.254 e. The van der Waals surface area contributed by atoms with E-state index in [1.807, 2.05) is 0 Å². The lowest BCUT2D eigenvalue weighted by Gasteiger charge is -2.18. The molecule has 1 aromatic rings. The van der Waals surface area contributed by atoms with E-state index in [1.54, 1.807) is 17.0 Å². The van der Waals surface area contributed by atoms with Crippen LogP contribution in [0, 0.1) is 5.92 Å². The SMILES string of the molecule is COc1cc(C(=O)N2CCC(C(N)=O)C2)cc(OC)c1OC. The van der Waals surface area contributed by atoms with Crippen LogP contribution in [0.3, 0.4) is 0 Å². The quantitative estimate of drug-likeness (QED) is 0.863. The van der Waals surface area contributed by atoms with E-state index in [4.69, 9.17) is 19.9 Å². The van der Waals surface area contributed by atoms with Gasteiger partial charge in [-0.3, -0.25) is 9.59 Å². The monoisotopic (exact) mass is 308 g/mol. The van der Waals surface area contributed by atoms with Crippen molar-refractivity contribution in [2.24, 2.45) is 11.7 Å². The molecule has 7 nitrogen and oxygen atoms in total. The van der Waals surface area contributed by atoms with Crippen molar-refractivity contribution in [2.75, 3.05) is 34.4 Å². The van der Waals surface area contributed by atoms with Crippen molar-refractivity contribution >= 4 is 11.8 Å². The van der Waals surface area contributed by atoms with Crippen LogP contribution in [0.15, 0.2) is 12.1 Å². The highest BCUT2D eigenvalue weighted by Crippen LogP contribution is 2.38. The number of carbonyl (C=O) groups excluding carboxylic acids is 2. The third-order valence-electron chi connectivity index (χ3n) is 3.79. The van der Waals surface area contributed by atoms with Gasteiger partial charge in [0, 0.05) is 18.7 Å². The number of nitrogens with two attached hydrogens (primary N) is 1. The summed E-state index contributed by atoms with van der Waals surface area (Å²) in [6.07, 6.45) is 0.589. The summed E-state index contributed by atoms with van der Waals surface area (Å²) in [5.74, 6) is 0.402. The number of hydrogen-bond acceptors (Lipinski definition) is 5. The number of primary amides is 1. The number of nitrogens with zero attached hydrogens (tertiary/aromatic N) is 1. The first-order valence-electron chi connectivity index (χ1n) is 6.90. The average Bonchev–Trinajstić information content (AvgIpc) is 3.02. The molecule has 0 saturated carbocycles. The van der Waals surface area contributed by atoms with Gasteiger partial charge in [-0.05, 0) is 18.6 Å². The topological polar surface area (TPSA) is 91.1 Å². The van der Waals surface area contributed by atoms with Crippen molar-refractivity contribution in [1.82, 2.24) is 4.90 Å². The molecular formula is C15H20N2O5. The highest BCUT2D eigenvalue weighted by molar-refractivity contribution is 5.96. The van der Waals surface area contributed by atoms with Gasteiger partial charge in [0.1, 0.15) is 0 Å². The van der Waals surface area contributed by atoms with Gasteiger partial charge in [0.2, 0.25) is 11.7 Å². The van der Waals surface area contributed by atoms with Gasteiger partial charge in [-0.15, -0.1) is 0 Å². The minimum Gasteiger partial charge on any atom is -0.493 e. The standard InChI is InChI=1S/C15H20N2O5/c1-20-11-6-10(7-12(21-2)13(11)22-3)15(19)17-5-4-9(8-17)14(16)18/h6-7,9H,4-5,8H2,1-3H3,(H2,16,18). The molecule has 1 aromatic carbocycles. The lowest BCUT2D eigenvalue weighted by Crippen LogP contribution is -2.31. The molecule has 22 heavy (non-hydrogen) atoms. The summed E-state index contributed by atoms with van der Waals surface area (Å²) in [6.45, 7) is 0.841. The number of benzene rings is 1. The average molecular weight is 308 g/mol. The molecule has 2 N–H and O–H groups in total. The van der Waals surface area contributed by atoms with Crippen LogP contribution < -0.4 is 19.9 Å². The van der Waals surface area contributed by atoms with E-state index >= 15 is 0 Å². The van der Waals surface area contributed by atoms with Crippen LogP contribution >= 0.6 is 0 Å². The van der Waals surface area contributed by atoms with E-state index in [0.717, 1.165) is 0 Å². The second kappa shape index (κ2) is 6.55. The second-order valence-corrected chi connectivity index (χ2v) is 5.05. The maximum absolute atomic E-state index is 12.6. The Balaban J connectivity index is 2.29. The first kappa shape index (κ1) is 15.9. The summed E-state index contributed by atoms with van der Waals surface area (Å²) in [5.41, 5.74) is 5.71. The molecular weight excluding hydrogens is 288 g/mol. The zero-order valence-electron chi connectivity index (χ0n) is 12.9. The molecule has 1 atom stereocenters. The second-order valence-electron chi connectivity index (χ2n) is 5.05. The van der Waals surface area contributed by atoms with Crippen LogP contribution in [-0.4, -0.2) is 51.1 Å². The third kappa shape index (κ3) is 2.93. The van der Waals surface area contributed by atoms with Gasteiger partial charge >= 0.3 is 0 Å². The Labute approximate surface area is 128 Å². The number of methoxy groups -OCH3 is 3. The minimum atomic E-state index is -0.375. The molecule has 1 fully saturated rings. The molecule has 0 aromatic heterocycles. The van der Waals surface area contributed by atoms with Crippen LogP contribution in [0.5, 0.6) is 17.2 Å². The van der Waals surface area contributed by atoms with Gasteiger partial charge in [0.25, 0.3) is 5.91 Å². The van der Waals surface area contributed by atoms with Crippen molar-refractivity contribution in [2.45, 2.75) is 6.42 Å². The summed E-state index contributed by atoms with van der Waals surface area (Å²) in [6, 6.07) is 3.20. The lowest BCUT2D eigenvalue weighted by molar-refractivity contribution is -0.121. The number of hydrogen-bond donors (Lipinski definition) is 1. The van der Waals surface area contributed by atoms with Crippen LogP contribution in [0.2, 0.25) is 0 Å². The molecule has 1 aliphatic heterocycles. The zero-order valence-corrected chi connectivity index (χ0v) is 12.9. The Kier molecular flexibility index (Phi) is 4.75. The van der Waals surface area contributed by atoms with E-state index in [0.29, 0.717) is 42.3 Å². The molecule has 2 rings (SSSR count). The Morgan fingerprint density at radius 3 is 2.14 bits per heavy atom. The first-order valence-corrected chi connectivity index (χ1v) is 6.90. The van der Waals surface area contributed by atoms with E-state index < -0.39 is 0 Å². The van der Waals surface area contributed by atoms with Crippen molar-refractivity contribution in [3.05, 3.63) is 17.7 Å². The fourth-order valence-corrected chi connectivity index (χ4v) is 2.56. The molecule has 2 amide bonds. The lowest BCUT2D eigenvalue weighted by atomic mass is 10.1. The first-order chi connectivity index (χ1) is 10.5. The minimum absolute atomic E-state index is 0.192. The summed E-state index contributed by atoms with van der Waals surface area (Å²) < 4.78 is 15.7. The maximum Gasteiger partial charge on any atom is 0.254 e. The molecule has 0 radical (unpaired) electrons. The summed E-state index contributed by atoms with van der Waals surface area (Å²) in [4.78, 5) is 25.4. The van der Waals surface area contributed by atoms with Crippen molar-refractivity contribution < 1.29 is 23.8 Å². The fourth-order valence-electron chi connectivity index (χ4n) is 2.56. The number of ether oxygens (including phenoxy) is 3. The number of likely N-dealkylation sites (tertiary alicyclic amines) is 1. The van der Waals surface area contributed by atoms with Gasteiger partial charge < -0.3 is 24.8 Å². The summed E-state index contributed by atoms with van der Waals surface area (Å²) >= 11 is 0. The van der Waals surface area contributed by atoms with Crippen LogP contribution in [0.4, 0.5) is 0 Å². The molecule has 0 bridgehead atoms. The van der Waals surface area contributed by atoms with Gasteiger partial charge in [-0.1, -0.05) is 0 Å².